The average molecular weight is 279 g/mol. The summed E-state index contributed by atoms with van der Waals surface area (Å²) < 4.78 is 7.33. The lowest BCUT2D eigenvalue weighted by Crippen LogP contribution is -2.47. The molecular weight excluding hydrogens is 254 g/mol. The molecule has 0 unspecified atom stereocenters. The highest BCUT2D eigenvalue weighted by atomic mass is 16.5. The second kappa shape index (κ2) is 7.43. The molecule has 1 amide bonds. The van der Waals surface area contributed by atoms with Crippen molar-refractivity contribution in [2.75, 3.05) is 19.8 Å². The Hall–Kier alpha value is -1.36. The maximum Gasteiger partial charge on any atom is 0.248 e. The molecule has 0 radical (unpaired) electrons. The van der Waals surface area contributed by atoms with Crippen LogP contribution in [0, 0.1) is 6.92 Å². The normalized spacial score (nSPS) is 19.3. The van der Waals surface area contributed by atoms with Gasteiger partial charge in [0, 0.05) is 19.3 Å². The van der Waals surface area contributed by atoms with Crippen LogP contribution in [0.25, 0.3) is 0 Å². The van der Waals surface area contributed by atoms with Crippen LogP contribution in [-0.2, 0) is 16.1 Å². The van der Waals surface area contributed by atoms with E-state index in [9.17, 15) is 4.79 Å². The van der Waals surface area contributed by atoms with Crippen molar-refractivity contribution in [1.29, 1.82) is 0 Å². The Kier molecular flexibility index (Phi) is 5.59. The third-order valence-electron chi connectivity index (χ3n) is 3.68. The highest BCUT2D eigenvalue weighted by molar-refractivity contribution is 5.77. The first-order valence-electron chi connectivity index (χ1n) is 7.57. The van der Waals surface area contributed by atoms with Crippen molar-refractivity contribution in [1.82, 2.24) is 14.7 Å². The Morgan fingerprint density at radius 1 is 1.50 bits per heavy atom. The van der Waals surface area contributed by atoms with Crippen LogP contribution in [0.4, 0.5) is 0 Å². The maximum absolute atomic E-state index is 12.3. The van der Waals surface area contributed by atoms with E-state index in [0.717, 1.165) is 37.9 Å². The summed E-state index contributed by atoms with van der Waals surface area (Å²) in [6.07, 6.45) is 8.17. The number of carbonyl (C=O) groups excluding carboxylic acids is 1. The van der Waals surface area contributed by atoms with Gasteiger partial charge in [-0.1, -0.05) is 6.92 Å². The molecule has 1 aromatic rings. The van der Waals surface area contributed by atoms with Crippen LogP contribution in [0.1, 0.15) is 38.2 Å². The highest BCUT2D eigenvalue weighted by Gasteiger charge is 2.27. The fraction of sp³-hybridized carbons (Fsp3) is 0.733. The number of ether oxygens (including phenoxy) is 1. The van der Waals surface area contributed by atoms with Crippen molar-refractivity contribution >= 4 is 5.91 Å². The third-order valence-corrected chi connectivity index (χ3v) is 3.68. The average Bonchev–Trinajstić information content (AvgIpc) is 2.85. The summed E-state index contributed by atoms with van der Waals surface area (Å²) >= 11 is 0. The van der Waals surface area contributed by atoms with Crippen LogP contribution >= 0.6 is 0 Å². The van der Waals surface area contributed by atoms with Crippen LogP contribution in [-0.4, -0.2) is 46.4 Å². The van der Waals surface area contributed by atoms with E-state index in [1.54, 1.807) is 0 Å². The molecule has 1 aliphatic rings. The van der Waals surface area contributed by atoms with E-state index in [4.69, 9.17) is 4.74 Å². The third kappa shape index (κ3) is 4.07. The van der Waals surface area contributed by atoms with Gasteiger partial charge in [-0.15, -0.1) is 0 Å². The van der Waals surface area contributed by atoms with Crippen LogP contribution in [0.15, 0.2) is 12.4 Å². The number of hydrogen-bond acceptors (Lipinski definition) is 3. The molecule has 5 nitrogen and oxygen atoms in total. The van der Waals surface area contributed by atoms with Gasteiger partial charge in [-0.05, 0) is 38.2 Å². The van der Waals surface area contributed by atoms with Crippen molar-refractivity contribution in [3.05, 3.63) is 18.0 Å². The smallest absolute Gasteiger partial charge is 0.248 e. The van der Waals surface area contributed by atoms with Gasteiger partial charge in [-0.25, -0.2) is 0 Å². The number of likely N-dealkylation sites (tertiary alicyclic amines) is 1. The second-order valence-electron chi connectivity index (χ2n) is 5.53. The number of piperidine rings is 1. The van der Waals surface area contributed by atoms with E-state index in [1.165, 1.54) is 6.42 Å². The molecule has 0 N–H and O–H groups in total. The van der Waals surface area contributed by atoms with Crippen molar-refractivity contribution in [3.63, 3.8) is 0 Å². The van der Waals surface area contributed by atoms with Crippen LogP contribution in [0.5, 0.6) is 0 Å². The SMILES string of the molecule is CCCOCC(=O)N1CCCC[C@H]1Cn1cc(C)cn1. The van der Waals surface area contributed by atoms with E-state index in [0.29, 0.717) is 6.61 Å². The van der Waals surface area contributed by atoms with Crippen molar-refractivity contribution < 1.29 is 9.53 Å². The molecule has 0 aromatic carbocycles. The molecule has 5 heteroatoms. The summed E-state index contributed by atoms with van der Waals surface area (Å²) in [5.41, 5.74) is 1.16. The molecule has 1 atom stereocenters. The van der Waals surface area contributed by atoms with E-state index in [-0.39, 0.29) is 18.6 Å². The Labute approximate surface area is 120 Å². The molecule has 112 valence electrons. The minimum atomic E-state index is 0.118. The zero-order chi connectivity index (χ0) is 14.4. The van der Waals surface area contributed by atoms with Gasteiger partial charge in [0.05, 0.1) is 18.8 Å². The largest absolute Gasteiger partial charge is 0.372 e. The number of hydrogen-bond donors (Lipinski definition) is 0. The van der Waals surface area contributed by atoms with E-state index in [2.05, 4.69) is 5.10 Å². The number of aryl methyl sites for hydroxylation is 1. The fourth-order valence-corrected chi connectivity index (χ4v) is 2.69. The molecule has 1 saturated heterocycles. The molecule has 0 bridgehead atoms. The van der Waals surface area contributed by atoms with Gasteiger partial charge in [0.25, 0.3) is 0 Å². The molecule has 1 fully saturated rings. The van der Waals surface area contributed by atoms with Gasteiger partial charge in [0.15, 0.2) is 0 Å². The molecule has 0 saturated carbocycles. The lowest BCUT2D eigenvalue weighted by Gasteiger charge is -2.35. The van der Waals surface area contributed by atoms with Gasteiger partial charge in [-0.2, -0.15) is 5.10 Å². The Morgan fingerprint density at radius 2 is 2.35 bits per heavy atom. The molecular formula is C15H25N3O2. The van der Waals surface area contributed by atoms with Gasteiger partial charge in [-0.3, -0.25) is 9.48 Å². The standard InChI is InChI=1S/C15H25N3O2/c1-3-8-20-12-15(19)18-7-5-4-6-14(18)11-17-10-13(2)9-16-17/h9-10,14H,3-8,11-12H2,1-2H3/t14-/m0/s1. The summed E-state index contributed by atoms with van der Waals surface area (Å²) in [6.45, 7) is 6.58. The van der Waals surface area contributed by atoms with E-state index >= 15 is 0 Å². The highest BCUT2D eigenvalue weighted by Crippen LogP contribution is 2.19. The Balaban J connectivity index is 1.92. The summed E-state index contributed by atoms with van der Waals surface area (Å²) in [4.78, 5) is 14.2. The van der Waals surface area contributed by atoms with E-state index in [1.807, 2.05) is 35.8 Å². The van der Waals surface area contributed by atoms with Crippen molar-refractivity contribution in [2.45, 2.75) is 52.1 Å². The zero-order valence-electron chi connectivity index (χ0n) is 12.5. The molecule has 1 aliphatic heterocycles. The topological polar surface area (TPSA) is 47.4 Å². The van der Waals surface area contributed by atoms with Gasteiger partial charge >= 0.3 is 0 Å². The minimum Gasteiger partial charge on any atom is -0.372 e. The quantitative estimate of drug-likeness (QED) is 0.748. The predicted octanol–water partition coefficient (Wildman–Crippen LogP) is 2.00. The molecule has 0 spiro atoms. The van der Waals surface area contributed by atoms with Crippen molar-refractivity contribution in [3.8, 4) is 0 Å². The zero-order valence-corrected chi connectivity index (χ0v) is 12.5. The molecule has 1 aromatic heterocycles. The van der Waals surface area contributed by atoms with E-state index < -0.39 is 0 Å². The maximum atomic E-state index is 12.3. The number of amides is 1. The molecule has 2 rings (SSSR count). The first kappa shape index (κ1) is 15.0. The predicted molar refractivity (Wildman–Crippen MR) is 77.4 cm³/mol. The number of aromatic nitrogens is 2. The van der Waals surface area contributed by atoms with Gasteiger partial charge in [0.2, 0.25) is 5.91 Å². The van der Waals surface area contributed by atoms with Gasteiger partial charge in [0.1, 0.15) is 6.61 Å². The van der Waals surface area contributed by atoms with Crippen LogP contribution in [0.3, 0.4) is 0 Å². The Morgan fingerprint density at radius 3 is 3.05 bits per heavy atom. The first-order chi connectivity index (χ1) is 9.70. The lowest BCUT2D eigenvalue weighted by molar-refractivity contribution is -0.140. The molecule has 2 heterocycles. The van der Waals surface area contributed by atoms with Crippen LogP contribution in [0.2, 0.25) is 0 Å². The number of carbonyl (C=O) groups is 1. The fourth-order valence-electron chi connectivity index (χ4n) is 2.69. The number of rotatable bonds is 6. The summed E-state index contributed by atoms with van der Waals surface area (Å²) in [5, 5.41) is 4.33. The minimum absolute atomic E-state index is 0.118. The monoisotopic (exact) mass is 279 g/mol. The Bertz CT molecular complexity index is 431. The summed E-state index contributed by atoms with van der Waals surface area (Å²) in [6, 6.07) is 0.251. The first-order valence-corrected chi connectivity index (χ1v) is 7.57. The summed E-state index contributed by atoms with van der Waals surface area (Å²) in [5.74, 6) is 0.118. The van der Waals surface area contributed by atoms with Gasteiger partial charge < -0.3 is 9.64 Å². The molecule has 0 aliphatic carbocycles. The molecule has 20 heavy (non-hydrogen) atoms. The summed E-state index contributed by atoms with van der Waals surface area (Å²) in [7, 11) is 0. The lowest BCUT2D eigenvalue weighted by atomic mass is 10.0. The number of nitrogens with zero attached hydrogens (tertiary/aromatic N) is 3. The second-order valence-corrected chi connectivity index (χ2v) is 5.53. The van der Waals surface area contributed by atoms with Crippen molar-refractivity contribution in [2.24, 2.45) is 0 Å². The van der Waals surface area contributed by atoms with Crippen LogP contribution < -0.4 is 0 Å².